The van der Waals surface area contributed by atoms with Gasteiger partial charge in [-0.2, -0.15) is 13.2 Å². The number of amides is 2. The number of carbonyl (C=O) groups is 2. The second-order valence-corrected chi connectivity index (χ2v) is 8.15. The summed E-state index contributed by atoms with van der Waals surface area (Å²) >= 11 is 1.01. The number of alkyl halides is 3. The zero-order valence-corrected chi connectivity index (χ0v) is 18.1. The monoisotopic (exact) mass is 475 g/mol. The van der Waals surface area contributed by atoms with Gasteiger partial charge in [-0.3, -0.25) is 9.59 Å². The molecule has 0 spiro atoms. The van der Waals surface area contributed by atoms with Crippen LogP contribution in [-0.4, -0.2) is 36.3 Å². The molecule has 0 fully saturated rings. The lowest BCUT2D eigenvalue weighted by atomic mass is 10.1. The molecule has 3 heterocycles. The van der Waals surface area contributed by atoms with Crippen molar-refractivity contribution in [3.63, 3.8) is 0 Å². The Balaban J connectivity index is 1.42. The Bertz CT molecular complexity index is 1360. The first-order valence-corrected chi connectivity index (χ1v) is 10.3. The van der Waals surface area contributed by atoms with Gasteiger partial charge in [0.25, 0.3) is 11.8 Å². The number of halogens is 3. The Morgan fingerprint density at radius 3 is 2.67 bits per heavy atom. The van der Waals surface area contributed by atoms with Gasteiger partial charge in [0.1, 0.15) is 21.7 Å². The Morgan fingerprint density at radius 1 is 1.12 bits per heavy atom. The highest BCUT2D eigenvalue weighted by molar-refractivity contribution is 7.13. The highest BCUT2D eigenvalue weighted by atomic mass is 32.1. The number of aromatic nitrogens is 5. The first kappa shape index (κ1) is 22.3. The molecule has 33 heavy (non-hydrogen) atoms. The van der Waals surface area contributed by atoms with Crippen molar-refractivity contribution in [1.82, 2.24) is 29.8 Å². The topological polar surface area (TPSA) is 115 Å². The normalized spacial score (nSPS) is 11.5. The zero-order chi connectivity index (χ0) is 23.8. The van der Waals surface area contributed by atoms with Gasteiger partial charge in [0.15, 0.2) is 11.3 Å². The van der Waals surface area contributed by atoms with E-state index < -0.39 is 23.6 Å². The Morgan fingerprint density at radius 2 is 1.91 bits per heavy atom. The van der Waals surface area contributed by atoms with Crippen LogP contribution in [0.25, 0.3) is 11.2 Å². The third-order valence-electron chi connectivity index (χ3n) is 4.70. The fourth-order valence-corrected chi connectivity index (χ4v) is 3.84. The van der Waals surface area contributed by atoms with Crippen LogP contribution in [-0.2, 0) is 19.8 Å². The number of hydrogen-bond donors (Lipinski definition) is 2. The van der Waals surface area contributed by atoms with Crippen molar-refractivity contribution in [1.29, 1.82) is 0 Å². The predicted octanol–water partition coefficient (Wildman–Crippen LogP) is 3.33. The van der Waals surface area contributed by atoms with Crippen LogP contribution in [0.4, 0.5) is 18.9 Å². The van der Waals surface area contributed by atoms with Gasteiger partial charge in [0, 0.05) is 12.7 Å². The molecule has 13 heteroatoms. The lowest BCUT2D eigenvalue weighted by molar-refractivity contribution is -0.138. The van der Waals surface area contributed by atoms with Gasteiger partial charge < -0.3 is 15.2 Å². The molecule has 0 aliphatic rings. The molecule has 170 valence electrons. The molecule has 0 aliphatic carbocycles. The zero-order valence-electron chi connectivity index (χ0n) is 17.3. The Kier molecular flexibility index (Phi) is 5.80. The maximum atomic E-state index is 13.1. The molecule has 0 saturated carbocycles. The van der Waals surface area contributed by atoms with Crippen LogP contribution < -0.4 is 10.6 Å². The molecule has 0 radical (unpaired) electrons. The predicted molar refractivity (Wildman–Crippen MR) is 114 cm³/mol. The number of carbonyl (C=O) groups excluding carboxylic acids is 2. The van der Waals surface area contributed by atoms with Crippen molar-refractivity contribution in [3.8, 4) is 0 Å². The first-order valence-electron chi connectivity index (χ1n) is 9.47. The van der Waals surface area contributed by atoms with Crippen molar-refractivity contribution in [2.45, 2.75) is 19.6 Å². The van der Waals surface area contributed by atoms with Gasteiger partial charge >= 0.3 is 6.18 Å². The van der Waals surface area contributed by atoms with E-state index in [1.807, 2.05) is 0 Å². The largest absolute Gasteiger partial charge is 0.416 e. The Hall–Kier alpha value is -3.87. The molecule has 9 nitrogen and oxygen atoms in total. The molecule has 1 aromatic carbocycles. The smallest absolute Gasteiger partial charge is 0.344 e. The van der Waals surface area contributed by atoms with Crippen LogP contribution in [0, 0.1) is 6.92 Å². The van der Waals surface area contributed by atoms with E-state index in [0.717, 1.165) is 17.4 Å². The molecule has 0 aliphatic heterocycles. The van der Waals surface area contributed by atoms with Crippen LogP contribution >= 0.6 is 11.3 Å². The van der Waals surface area contributed by atoms with Crippen molar-refractivity contribution >= 4 is 40.0 Å². The fraction of sp³-hybridized carbons (Fsp3) is 0.200. The average molecular weight is 475 g/mol. The van der Waals surface area contributed by atoms with Gasteiger partial charge in [-0.1, -0.05) is 6.07 Å². The molecule has 2 amide bonds. The summed E-state index contributed by atoms with van der Waals surface area (Å²) in [6, 6.07) is 3.57. The number of rotatable bonds is 5. The molecule has 0 atom stereocenters. The molecular formula is C20H16F3N7O2S. The van der Waals surface area contributed by atoms with E-state index >= 15 is 0 Å². The number of imidazole rings is 1. The van der Waals surface area contributed by atoms with Gasteiger partial charge in [-0.15, -0.1) is 11.3 Å². The van der Waals surface area contributed by atoms with E-state index in [4.69, 9.17) is 0 Å². The standard InChI is InChI=1S/C20H16F3N7O2S/c1-10-3-4-11(5-12(10)20(21,22)23)29-18(31)13-6-24-14(33-13)7-25-19(32)15-16-17(27-8-26-15)28-9-30(16)2/h3-6,8-9H,7H2,1-2H3,(H,25,32)(H,29,31). The summed E-state index contributed by atoms with van der Waals surface area (Å²) in [5.41, 5.74) is 0.268. The number of hydrogen-bond acceptors (Lipinski definition) is 7. The summed E-state index contributed by atoms with van der Waals surface area (Å²) in [4.78, 5) is 41.4. The lowest BCUT2D eigenvalue weighted by Gasteiger charge is -2.12. The molecule has 3 aromatic heterocycles. The van der Waals surface area contributed by atoms with E-state index in [1.165, 1.54) is 37.9 Å². The van der Waals surface area contributed by atoms with Gasteiger partial charge in [0.2, 0.25) is 0 Å². The maximum absolute atomic E-state index is 13.1. The number of thiazole rings is 1. The molecular weight excluding hydrogens is 459 g/mol. The average Bonchev–Trinajstić information content (AvgIpc) is 3.40. The number of aryl methyl sites for hydroxylation is 2. The minimum Gasteiger partial charge on any atom is -0.344 e. The lowest BCUT2D eigenvalue weighted by Crippen LogP contribution is -2.24. The fourth-order valence-electron chi connectivity index (χ4n) is 3.09. The van der Waals surface area contributed by atoms with Crippen LogP contribution in [0.5, 0.6) is 0 Å². The van der Waals surface area contributed by atoms with Gasteiger partial charge in [-0.25, -0.2) is 19.9 Å². The number of anilines is 1. The van der Waals surface area contributed by atoms with E-state index in [9.17, 15) is 22.8 Å². The summed E-state index contributed by atoms with van der Waals surface area (Å²) in [7, 11) is 1.72. The van der Waals surface area contributed by atoms with Gasteiger partial charge in [0.05, 0.1) is 24.6 Å². The Labute approximate surface area is 188 Å². The number of fused-ring (bicyclic) bond motifs is 1. The summed E-state index contributed by atoms with van der Waals surface area (Å²) in [6.45, 7) is 1.38. The number of nitrogens with zero attached hydrogens (tertiary/aromatic N) is 5. The quantitative estimate of drug-likeness (QED) is 0.458. The van der Waals surface area contributed by atoms with Crippen molar-refractivity contribution in [2.24, 2.45) is 7.05 Å². The molecule has 4 aromatic rings. The van der Waals surface area contributed by atoms with Crippen LogP contribution in [0.1, 0.15) is 36.3 Å². The van der Waals surface area contributed by atoms with E-state index in [0.29, 0.717) is 16.2 Å². The molecule has 0 unspecified atom stereocenters. The SMILES string of the molecule is Cc1ccc(NC(=O)c2cnc(CNC(=O)c3ncnc4ncn(C)c34)s2)cc1C(F)(F)F. The third kappa shape index (κ3) is 4.67. The highest BCUT2D eigenvalue weighted by Crippen LogP contribution is 2.33. The van der Waals surface area contributed by atoms with Crippen molar-refractivity contribution in [2.75, 3.05) is 5.32 Å². The molecule has 0 bridgehead atoms. The minimum atomic E-state index is -4.52. The number of benzene rings is 1. The maximum Gasteiger partial charge on any atom is 0.416 e. The summed E-state index contributed by atoms with van der Waals surface area (Å²) in [5, 5.41) is 5.55. The van der Waals surface area contributed by atoms with Crippen LogP contribution in [0.3, 0.4) is 0 Å². The molecule has 2 N–H and O–H groups in total. The van der Waals surface area contributed by atoms with E-state index in [1.54, 1.807) is 11.6 Å². The highest BCUT2D eigenvalue weighted by Gasteiger charge is 2.32. The van der Waals surface area contributed by atoms with Crippen LogP contribution in [0.2, 0.25) is 0 Å². The summed E-state index contributed by atoms with van der Waals surface area (Å²) < 4.78 is 40.9. The van der Waals surface area contributed by atoms with Crippen LogP contribution in [0.15, 0.2) is 37.1 Å². The van der Waals surface area contributed by atoms with Crippen molar-refractivity contribution in [3.05, 3.63) is 63.8 Å². The van der Waals surface area contributed by atoms with Gasteiger partial charge in [-0.05, 0) is 24.6 Å². The van der Waals surface area contributed by atoms with Crippen molar-refractivity contribution < 1.29 is 22.8 Å². The third-order valence-corrected chi connectivity index (χ3v) is 5.70. The summed E-state index contributed by atoms with van der Waals surface area (Å²) in [6.07, 6.45) is -0.464. The molecule has 4 rings (SSSR count). The molecule has 0 saturated heterocycles. The number of nitrogens with one attached hydrogen (secondary N) is 2. The second-order valence-electron chi connectivity index (χ2n) is 7.03. The van der Waals surface area contributed by atoms with E-state index in [-0.39, 0.29) is 28.4 Å². The summed E-state index contributed by atoms with van der Waals surface area (Å²) in [5.74, 6) is -1.07. The second kappa shape index (κ2) is 8.58. The first-order chi connectivity index (χ1) is 15.6. The minimum absolute atomic E-state index is 0.0186. The van der Waals surface area contributed by atoms with E-state index in [2.05, 4.69) is 30.6 Å².